The number of aromatic nitrogens is 2. The van der Waals surface area contributed by atoms with E-state index < -0.39 is 5.97 Å². The lowest BCUT2D eigenvalue weighted by Gasteiger charge is -2.13. The van der Waals surface area contributed by atoms with E-state index in [9.17, 15) is 4.79 Å². The van der Waals surface area contributed by atoms with Crippen LogP contribution in [0.3, 0.4) is 0 Å². The number of carbonyl (C=O) groups is 1. The molecule has 3 rings (SSSR count). The van der Waals surface area contributed by atoms with Crippen molar-refractivity contribution in [3.63, 3.8) is 0 Å². The molecule has 0 saturated heterocycles. The molecule has 3 aromatic rings. The van der Waals surface area contributed by atoms with Gasteiger partial charge in [-0.1, -0.05) is 12.1 Å². The fourth-order valence-electron chi connectivity index (χ4n) is 2.75. The summed E-state index contributed by atoms with van der Waals surface area (Å²) in [5, 5.41) is 6.44. The highest BCUT2D eigenvalue weighted by molar-refractivity contribution is 5.96. The van der Waals surface area contributed by atoms with Crippen molar-refractivity contribution >= 4 is 29.0 Å². The first-order valence-corrected chi connectivity index (χ1v) is 9.28. The van der Waals surface area contributed by atoms with Gasteiger partial charge in [-0.3, -0.25) is 0 Å². The molecule has 1 heterocycles. The summed E-state index contributed by atoms with van der Waals surface area (Å²) < 4.78 is 10.5. The van der Waals surface area contributed by atoms with E-state index in [1.54, 1.807) is 24.3 Å². The van der Waals surface area contributed by atoms with E-state index in [-0.39, 0.29) is 6.10 Å². The van der Waals surface area contributed by atoms with Crippen LogP contribution < -0.4 is 15.4 Å². The SMILES string of the molecule is COC(=O)c1ccccc1Nc1cc(Nc2ccc(OC(C)C)cc2)nc(C)n1. The van der Waals surface area contributed by atoms with Gasteiger partial charge in [0, 0.05) is 11.8 Å². The number of hydrogen-bond donors (Lipinski definition) is 2. The second-order valence-corrected chi connectivity index (χ2v) is 6.66. The van der Waals surface area contributed by atoms with Crippen molar-refractivity contribution in [2.75, 3.05) is 17.7 Å². The van der Waals surface area contributed by atoms with E-state index in [0.717, 1.165) is 11.4 Å². The molecule has 0 aliphatic carbocycles. The van der Waals surface area contributed by atoms with Crippen LogP contribution in [0.2, 0.25) is 0 Å². The summed E-state index contributed by atoms with van der Waals surface area (Å²) in [7, 11) is 1.35. The van der Waals surface area contributed by atoms with Crippen LogP contribution in [0.5, 0.6) is 5.75 Å². The zero-order valence-corrected chi connectivity index (χ0v) is 16.9. The normalized spacial score (nSPS) is 10.5. The van der Waals surface area contributed by atoms with Crippen molar-refractivity contribution in [2.45, 2.75) is 26.9 Å². The van der Waals surface area contributed by atoms with Gasteiger partial charge in [-0.05, 0) is 57.2 Å². The molecule has 0 radical (unpaired) electrons. The lowest BCUT2D eigenvalue weighted by Crippen LogP contribution is -2.07. The van der Waals surface area contributed by atoms with Crippen LogP contribution in [0.1, 0.15) is 30.0 Å². The van der Waals surface area contributed by atoms with Gasteiger partial charge in [0.1, 0.15) is 23.2 Å². The van der Waals surface area contributed by atoms with E-state index in [1.807, 2.05) is 51.1 Å². The van der Waals surface area contributed by atoms with E-state index in [2.05, 4.69) is 20.6 Å². The Bertz CT molecular complexity index is 988. The number of nitrogens with one attached hydrogen (secondary N) is 2. The number of ether oxygens (including phenoxy) is 2. The number of nitrogens with zero attached hydrogens (tertiary/aromatic N) is 2. The second kappa shape index (κ2) is 9.05. The van der Waals surface area contributed by atoms with E-state index in [4.69, 9.17) is 9.47 Å². The number of para-hydroxylation sites is 1. The molecule has 0 unspecified atom stereocenters. The Morgan fingerprint density at radius 1 is 0.966 bits per heavy atom. The van der Waals surface area contributed by atoms with Gasteiger partial charge >= 0.3 is 5.97 Å². The molecular formula is C22H24N4O3. The van der Waals surface area contributed by atoms with Crippen molar-refractivity contribution in [3.05, 3.63) is 66.0 Å². The quantitative estimate of drug-likeness (QED) is 0.556. The Kier molecular flexibility index (Phi) is 6.29. The van der Waals surface area contributed by atoms with Crippen molar-refractivity contribution in [1.29, 1.82) is 0 Å². The topological polar surface area (TPSA) is 85.4 Å². The fraction of sp³-hybridized carbons (Fsp3) is 0.227. The standard InChI is InChI=1S/C22H24N4O3/c1-14(2)29-17-11-9-16(10-12-17)25-20-13-21(24-15(3)23-20)26-19-8-6-5-7-18(19)22(27)28-4/h5-14H,1-4H3,(H2,23,24,25,26). The number of carbonyl (C=O) groups excluding carboxylic acids is 1. The molecule has 0 atom stereocenters. The van der Waals surface area contributed by atoms with Crippen molar-refractivity contribution < 1.29 is 14.3 Å². The van der Waals surface area contributed by atoms with Crippen molar-refractivity contribution in [2.24, 2.45) is 0 Å². The van der Waals surface area contributed by atoms with Crippen molar-refractivity contribution in [1.82, 2.24) is 9.97 Å². The largest absolute Gasteiger partial charge is 0.491 e. The van der Waals surface area contributed by atoms with Gasteiger partial charge in [-0.15, -0.1) is 0 Å². The first-order chi connectivity index (χ1) is 13.9. The maximum atomic E-state index is 12.0. The van der Waals surface area contributed by atoms with Gasteiger partial charge in [-0.2, -0.15) is 0 Å². The lowest BCUT2D eigenvalue weighted by molar-refractivity contribution is 0.0602. The Labute approximate surface area is 170 Å². The maximum absolute atomic E-state index is 12.0. The van der Waals surface area contributed by atoms with Gasteiger partial charge in [0.05, 0.1) is 24.5 Å². The monoisotopic (exact) mass is 392 g/mol. The number of aryl methyl sites for hydroxylation is 1. The Hall–Kier alpha value is -3.61. The molecule has 0 amide bonds. The number of anilines is 4. The number of hydrogen-bond acceptors (Lipinski definition) is 7. The molecule has 1 aromatic heterocycles. The molecule has 2 aromatic carbocycles. The third-order valence-corrected chi connectivity index (χ3v) is 3.93. The minimum absolute atomic E-state index is 0.125. The number of methoxy groups -OCH3 is 1. The molecule has 7 nitrogen and oxygen atoms in total. The first-order valence-electron chi connectivity index (χ1n) is 9.28. The molecule has 0 bridgehead atoms. The molecule has 0 aliphatic heterocycles. The summed E-state index contributed by atoms with van der Waals surface area (Å²) in [6.45, 7) is 5.79. The fourth-order valence-corrected chi connectivity index (χ4v) is 2.75. The highest BCUT2D eigenvalue weighted by Crippen LogP contribution is 2.24. The maximum Gasteiger partial charge on any atom is 0.339 e. The molecular weight excluding hydrogens is 368 g/mol. The smallest absolute Gasteiger partial charge is 0.339 e. The lowest BCUT2D eigenvalue weighted by atomic mass is 10.2. The second-order valence-electron chi connectivity index (χ2n) is 6.66. The molecule has 0 aliphatic rings. The van der Waals surface area contributed by atoms with Crippen LogP contribution in [0, 0.1) is 6.92 Å². The third-order valence-electron chi connectivity index (χ3n) is 3.93. The highest BCUT2D eigenvalue weighted by atomic mass is 16.5. The van der Waals surface area contributed by atoms with Crippen molar-refractivity contribution in [3.8, 4) is 5.75 Å². The predicted molar refractivity (Wildman–Crippen MR) is 113 cm³/mol. The molecule has 0 saturated carbocycles. The molecule has 29 heavy (non-hydrogen) atoms. The van der Waals surface area contributed by atoms with Crippen LogP contribution in [0.4, 0.5) is 23.0 Å². The molecule has 150 valence electrons. The predicted octanol–water partition coefficient (Wildman–Crippen LogP) is 4.85. The van der Waals surface area contributed by atoms with Gasteiger partial charge in [0.15, 0.2) is 0 Å². The zero-order valence-electron chi connectivity index (χ0n) is 16.9. The minimum Gasteiger partial charge on any atom is -0.491 e. The molecule has 0 fully saturated rings. The van der Waals surface area contributed by atoms with Gasteiger partial charge < -0.3 is 20.1 Å². The van der Waals surface area contributed by atoms with Crippen LogP contribution in [0.25, 0.3) is 0 Å². The minimum atomic E-state index is -0.416. The molecule has 7 heteroatoms. The summed E-state index contributed by atoms with van der Waals surface area (Å²) in [5.41, 5.74) is 1.92. The summed E-state index contributed by atoms with van der Waals surface area (Å²) >= 11 is 0. The summed E-state index contributed by atoms with van der Waals surface area (Å²) in [4.78, 5) is 20.8. The number of esters is 1. The van der Waals surface area contributed by atoms with Crippen LogP contribution in [-0.4, -0.2) is 29.2 Å². The van der Waals surface area contributed by atoms with E-state index >= 15 is 0 Å². The van der Waals surface area contributed by atoms with E-state index in [0.29, 0.717) is 28.7 Å². The van der Waals surface area contributed by atoms with Crippen LogP contribution in [0.15, 0.2) is 54.6 Å². The summed E-state index contributed by atoms with van der Waals surface area (Å²) in [6, 6.07) is 16.5. The first kappa shape index (κ1) is 20.1. The highest BCUT2D eigenvalue weighted by Gasteiger charge is 2.12. The van der Waals surface area contributed by atoms with Gasteiger partial charge in [0.25, 0.3) is 0 Å². The Morgan fingerprint density at radius 3 is 2.28 bits per heavy atom. The average Bonchev–Trinajstić information content (AvgIpc) is 2.68. The average molecular weight is 392 g/mol. The number of benzene rings is 2. The summed E-state index contributed by atoms with van der Waals surface area (Å²) in [5.74, 6) is 2.18. The van der Waals surface area contributed by atoms with Gasteiger partial charge in [0.2, 0.25) is 0 Å². The Morgan fingerprint density at radius 2 is 1.62 bits per heavy atom. The zero-order chi connectivity index (χ0) is 20.8. The van der Waals surface area contributed by atoms with Crippen LogP contribution in [-0.2, 0) is 4.74 Å². The number of rotatable bonds is 7. The van der Waals surface area contributed by atoms with Gasteiger partial charge in [-0.25, -0.2) is 14.8 Å². The van der Waals surface area contributed by atoms with E-state index in [1.165, 1.54) is 7.11 Å². The third kappa shape index (κ3) is 5.44. The Balaban J connectivity index is 1.79. The summed E-state index contributed by atoms with van der Waals surface area (Å²) in [6.07, 6.45) is 0.125. The van der Waals surface area contributed by atoms with Crippen LogP contribution >= 0.6 is 0 Å². The molecule has 2 N–H and O–H groups in total. The molecule has 0 spiro atoms.